The van der Waals surface area contributed by atoms with Crippen molar-refractivity contribution in [1.29, 1.82) is 0 Å². The predicted molar refractivity (Wildman–Crippen MR) is 104 cm³/mol. The van der Waals surface area contributed by atoms with Gasteiger partial charge in [0.15, 0.2) is 11.5 Å². The highest BCUT2D eigenvalue weighted by atomic mass is 19.1. The zero-order valence-electron chi connectivity index (χ0n) is 16.2. The van der Waals surface area contributed by atoms with Crippen LogP contribution < -0.4 is 19.7 Å². The molecule has 0 radical (unpaired) electrons. The lowest BCUT2D eigenvalue weighted by Gasteiger charge is -2.31. The van der Waals surface area contributed by atoms with Crippen LogP contribution in [0.15, 0.2) is 53.7 Å². The minimum Gasteiger partial charge on any atom is -0.493 e. The van der Waals surface area contributed by atoms with Gasteiger partial charge in [-0.05, 0) is 30.3 Å². The van der Waals surface area contributed by atoms with E-state index in [4.69, 9.17) is 9.47 Å². The summed E-state index contributed by atoms with van der Waals surface area (Å²) in [7, 11) is 4.65. The quantitative estimate of drug-likeness (QED) is 0.861. The summed E-state index contributed by atoms with van der Waals surface area (Å²) < 4.78 is 24.2. The molecule has 4 rings (SSSR count). The summed E-state index contributed by atoms with van der Waals surface area (Å²) >= 11 is 0. The Morgan fingerprint density at radius 1 is 1.07 bits per heavy atom. The van der Waals surface area contributed by atoms with Crippen molar-refractivity contribution >= 4 is 17.6 Å². The van der Waals surface area contributed by atoms with E-state index in [0.29, 0.717) is 34.0 Å². The van der Waals surface area contributed by atoms with Crippen LogP contribution in [0.25, 0.3) is 0 Å². The minimum absolute atomic E-state index is 0.215. The molecule has 7 nitrogen and oxygen atoms in total. The molecule has 1 atom stereocenters. The summed E-state index contributed by atoms with van der Waals surface area (Å²) in [4.78, 5) is 28.9. The van der Waals surface area contributed by atoms with Gasteiger partial charge < -0.3 is 19.7 Å². The molecule has 3 amide bonds. The monoisotopic (exact) mass is 397 g/mol. The highest BCUT2D eigenvalue weighted by molar-refractivity contribution is 6.11. The molecule has 2 aromatic rings. The Labute approximate surface area is 167 Å². The average Bonchev–Trinajstić information content (AvgIpc) is 3.08. The third kappa shape index (κ3) is 2.97. The van der Waals surface area contributed by atoms with Crippen LogP contribution in [-0.2, 0) is 4.79 Å². The molecule has 2 heterocycles. The second kappa shape index (κ2) is 7.12. The maximum absolute atomic E-state index is 13.3. The smallest absolute Gasteiger partial charge is 0.322 e. The number of likely N-dealkylation sites (N-methyl/N-ethyl adjacent to an activating group) is 1. The molecule has 0 saturated carbocycles. The number of hydrogen-bond donors (Lipinski definition) is 1. The topological polar surface area (TPSA) is 71.1 Å². The summed E-state index contributed by atoms with van der Waals surface area (Å²) in [5.41, 5.74) is 2.22. The molecule has 0 unspecified atom stereocenters. The average molecular weight is 397 g/mol. The first kappa shape index (κ1) is 18.8. The van der Waals surface area contributed by atoms with Crippen molar-refractivity contribution < 1.29 is 23.5 Å². The van der Waals surface area contributed by atoms with Crippen molar-refractivity contribution in [1.82, 2.24) is 10.2 Å². The van der Waals surface area contributed by atoms with Gasteiger partial charge in [-0.15, -0.1) is 0 Å². The summed E-state index contributed by atoms with van der Waals surface area (Å²) in [6.45, 7) is 0.215. The predicted octanol–water partition coefficient (Wildman–Crippen LogP) is 2.84. The maximum Gasteiger partial charge on any atom is 0.322 e. The van der Waals surface area contributed by atoms with E-state index < -0.39 is 6.04 Å². The lowest BCUT2D eigenvalue weighted by molar-refractivity contribution is -0.114. The van der Waals surface area contributed by atoms with Crippen LogP contribution >= 0.6 is 0 Å². The number of ether oxygens (including phenoxy) is 2. The Hall–Kier alpha value is -3.55. The van der Waals surface area contributed by atoms with Crippen LogP contribution in [-0.4, -0.2) is 44.7 Å². The molecular formula is C21H20FN3O4. The molecular weight excluding hydrogens is 377 g/mol. The lowest BCUT2D eigenvalue weighted by atomic mass is 9.94. The molecule has 0 bridgehead atoms. The number of hydrogen-bond acceptors (Lipinski definition) is 4. The standard InChI is InChI=1S/C21H20FN3O4/c1-24-15-11-25(13-9-7-12(22)8-10-13)20(26)17(15)18(23-21(24)27)14-5-4-6-16(28-2)19(14)29-3/h4-10,18H,11H2,1-3H3,(H,23,27)/t18-/m0/s1. The van der Waals surface area contributed by atoms with Crippen molar-refractivity contribution in [2.75, 3.05) is 32.7 Å². The van der Waals surface area contributed by atoms with Gasteiger partial charge in [-0.3, -0.25) is 9.69 Å². The van der Waals surface area contributed by atoms with Gasteiger partial charge in [0.2, 0.25) is 0 Å². The van der Waals surface area contributed by atoms with Crippen LogP contribution in [0.1, 0.15) is 11.6 Å². The molecule has 8 heteroatoms. The van der Waals surface area contributed by atoms with E-state index in [1.54, 1.807) is 37.4 Å². The van der Waals surface area contributed by atoms with Crippen molar-refractivity contribution in [3.8, 4) is 11.5 Å². The molecule has 2 aromatic carbocycles. The Kier molecular flexibility index (Phi) is 4.62. The fourth-order valence-corrected chi connectivity index (χ4v) is 3.77. The van der Waals surface area contributed by atoms with E-state index in [0.717, 1.165) is 0 Å². The Bertz CT molecular complexity index is 1020. The van der Waals surface area contributed by atoms with Crippen molar-refractivity contribution in [2.24, 2.45) is 0 Å². The Morgan fingerprint density at radius 2 is 1.79 bits per heavy atom. The first-order valence-corrected chi connectivity index (χ1v) is 9.01. The molecule has 1 N–H and O–H groups in total. The lowest BCUT2D eigenvalue weighted by Crippen LogP contribution is -2.45. The molecule has 29 heavy (non-hydrogen) atoms. The van der Waals surface area contributed by atoms with E-state index in [1.165, 1.54) is 36.2 Å². The van der Waals surface area contributed by atoms with E-state index in [9.17, 15) is 14.0 Å². The van der Waals surface area contributed by atoms with Crippen molar-refractivity contribution in [3.63, 3.8) is 0 Å². The summed E-state index contributed by atoms with van der Waals surface area (Å²) in [6.07, 6.45) is 0. The number of nitrogens with zero attached hydrogens (tertiary/aromatic N) is 2. The first-order chi connectivity index (χ1) is 14.0. The number of carbonyl (C=O) groups is 2. The molecule has 2 aliphatic rings. The van der Waals surface area contributed by atoms with Crippen molar-refractivity contribution in [2.45, 2.75) is 6.04 Å². The van der Waals surface area contributed by atoms with E-state index in [2.05, 4.69) is 5.32 Å². The third-order valence-corrected chi connectivity index (χ3v) is 5.24. The molecule has 0 aromatic heterocycles. The number of nitrogens with one attached hydrogen (secondary N) is 1. The van der Waals surface area contributed by atoms with Gasteiger partial charge in [-0.25, -0.2) is 9.18 Å². The van der Waals surface area contributed by atoms with Crippen molar-refractivity contribution in [3.05, 3.63) is 65.1 Å². The third-order valence-electron chi connectivity index (χ3n) is 5.24. The van der Waals surface area contributed by atoms with Gasteiger partial charge in [0.1, 0.15) is 5.82 Å². The van der Waals surface area contributed by atoms with E-state index in [1.807, 2.05) is 0 Å². The fraction of sp³-hybridized carbons (Fsp3) is 0.238. The highest BCUT2D eigenvalue weighted by Crippen LogP contribution is 2.42. The molecule has 2 aliphatic heterocycles. The van der Waals surface area contributed by atoms with E-state index >= 15 is 0 Å². The minimum atomic E-state index is -0.698. The molecule has 0 fully saturated rings. The van der Waals surface area contributed by atoms with Crippen LogP contribution in [0.5, 0.6) is 11.5 Å². The SMILES string of the molecule is COc1cccc([C@@H]2NC(=O)N(C)C3=C2C(=O)N(c2ccc(F)cc2)C3)c1OC. The molecule has 0 aliphatic carbocycles. The fourth-order valence-electron chi connectivity index (χ4n) is 3.77. The van der Waals surface area contributed by atoms with Crippen LogP contribution in [0.3, 0.4) is 0 Å². The van der Waals surface area contributed by atoms with Crippen LogP contribution in [0.2, 0.25) is 0 Å². The Morgan fingerprint density at radius 3 is 2.45 bits per heavy atom. The summed E-state index contributed by atoms with van der Waals surface area (Å²) in [5, 5.41) is 2.88. The molecule has 150 valence electrons. The first-order valence-electron chi connectivity index (χ1n) is 9.01. The van der Waals surface area contributed by atoms with Gasteiger partial charge in [-0.2, -0.15) is 0 Å². The highest BCUT2D eigenvalue weighted by Gasteiger charge is 2.44. The zero-order chi connectivity index (χ0) is 20.7. The molecule has 0 spiro atoms. The second-order valence-corrected chi connectivity index (χ2v) is 6.75. The van der Waals surface area contributed by atoms with Gasteiger partial charge in [0.25, 0.3) is 5.91 Å². The number of carbonyl (C=O) groups excluding carboxylic acids is 2. The number of benzene rings is 2. The number of halogens is 1. The van der Waals surface area contributed by atoms with Gasteiger partial charge in [0, 0.05) is 18.3 Å². The molecule has 0 saturated heterocycles. The number of rotatable bonds is 4. The van der Waals surface area contributed by atoms with Gasteiger partial charge in [-0.1, -0.05) is 12.1 Å². The number of methoxy groups -OCH3 is 2. The summed E-state index contributed by atoms with van der Waals surface area (Å²) in [6, 6.07) is 9.98. The normalized spacial score (nSPS) is 18.7. The second-order valence-electron chi connectivity index (χ2n) is 6.75. The maximum atomic E-state index is 13.3. The number of urea groups is 1. The largest absolute Gasteiger partial charge is 0.493 e. The number of para-hydroxylation sites is 1. The zero-order valence-corrected chi connectivity index (χ0v) is 16.2. The van der Waals surface area contributed by atoms with Crippen LogP contribution in [0, 0.1) is 5.82 Å². The number of amides is 3. The van der Waals surface area contributed by atoms with Gasteiger partial charge >= 0.3 is 6.03 Å². The summed E-state index contributed by atoms with van der Waals surface area (Å²) in [5.74, 6) is 0.310. The van der Waals surface area contributed by atoms with Crippen LogP contribution in [0.4, 0.5) is 14.9 Å². The van der Waals surface area contributed by atoms with E-state index in [-0.39, 0.29) is 24.3 Å². The van der Waals surface area contributed by atoms with Gasteiger partial charge in [0.05, 0.1) is 38.1 Å². The number of anilines is 1. The Balaban J connectivity index is 1.80.